The van der Waals surface area contributed by atoms with Crippen LogP contribution in [0.1, 0.15) is 20.9 Å². The molecule has 0 radical (unpaired) electrons. The highest BCUT2D eigenvalue weighted by Crippen LogP contribution is 2.26. The van der Waals surface area contributed by atoms with Gasteiger partial charge in [0.25, 0.3) is 0 Å². The van der Waals surface area contributed by atoms with Gasteiger partial charge in [0.2, 0.25) is 0 Å². The summed E-state index contributed by atoms with van der Waals surface area (Å²) in [6, 6.07) is 6.45. The molecular formula is C15H17N3S2. The Kier molecular flexibility index (Phi) is 4.00. The molecule has 3 rings (SSSR count). The maximum atomic E-state index is 4.17. The molecule has 0 aliphatic heterocycles. The lowest BCUT2D eigenvalue weighted by atomic mass is 10.2. The third-order valence-corrected chi connectivity index (χ3v) is 5.36. The number of nitrogens with one attached hydrogen (secondary N) is 2. The van der Waals surface area contributed by atoms with Crippen LogP contribution in [-0.4, -0.2) is 10.2 Å². The number of nitrogens with zero attached hydrogens (tertiary/aromatic N) is 1. The van der Waals surface area contributed by atoms with Gasteiger partial charge in [-0.25, -0.2) is 0 Å². The zero-order valence-corrected chi connectivity index (χ0v) is 13.2. The lowest BCUT2D eigenvalue weighted by molar-refractivity contribution is 0.702. The fourth-order valence-electron chi connectivity index (χ4n) is 2.14. The van der Waals surface area contributed by atoms with Gasteiger partial charge in [-0.1, -0.05) is 6.07 Å². The summed E-state index contributed by atoms with van der Waals surface area (Å²) in [5.74, 6) is 0. The fraction of sp³-hybridized carbons (Fsp3) is 0.267. The molecule has 20 heavy (non-hydrogen) atoms. The van der Waals surface area contributed by atoms with Crippen molar-refractivity contribution in [2.24, 2.45) is 0 Å². The van der Waals surface area contributed by atoms with Gasteiger partial charge in [-0.15, -0.1) is 22.7 Å². The van der Waals surface area contributed by atoms with E-state index in [1.54, 1.807) is 11.3 Å². The van der Waals surface area contributed by atoms with Crippen molar-refractivity contribution < 1.29 is 0 Å². The van der Waals surface area contributed by atoms with Gasteiger partial charge in [0.1, 0.15) is 0 Å². The summed E-state index contributed by atoms with van der Waals surface area (Å²) >= 11 is 3.60. The molecule has 0 saturated heterocycles. The molecule has 0 aliphatic carbocycles. The number of aromatic amines is 1. The molecule has 0 atom stereocenters. The normalized spacial score (nSPS) is 11.1. The second-order valence-electron chi connectivity index (χ2n) is 4.80. The number of hydrogen-bond donors (Lipinski definition) is 2. The van der Waals surface area contributed by atoms with Crippen LogP contribution in [0.15, 0.2) is 29.8 Å². The van der Waals surface area contributed by atoms with E-state index in [4.69, 9.17) is 0 Å². The third-order valence-electron chi connectivity index (χ3n) is 3.32. The summed E-state index contributed by atoms with van der Waals surface area (Å²) < 4.78 is 0. The molecule has 0 unspecified atom stereocenters. The van der Waals surface area contributed by atoms with Gasteiger partial charge >= 0.3 is 0 Å². The van der Waals surface area contributed by atoms with E-state index in [0.29, 0.717) is 0 Å². The van der Waals surface area contributed by atoms with Gasteiger partial charge in [0.05, 0.1) is 16.8 Å². The Labute approximate surface area is 126 Å². The van der Waals surface area contributed by atoms with Crippen molar-refractivity contribution in [1.29, 1.82) is 0 Å². The van der Waals surface area contributed by atoms with E-state index in [2.05, 4.69) is 52.9 Å². The van der Waals surface area contributed by atoms with Gasteiger partial charge in [-0.3, -0.25) is 5.10 Å². The Morgan fingerprint density at radius 2 is 2.20 bits per heavy atom. The minimum Gasteiger partial charge on any atom is -0.308 e. The van der Waals surface area contributed by atoms with Crippen LogP contribution in [0.5, 0.6) is 0 Å². The van der Waals surface area contributed by atoms with Gasteiger partial charge < -0.3 is 5.32 Å². The van der Waals surface area contributed by atoms with Crippen LogP contribution in [0.25, 0.3) is 10.6 Å². The van der Waals surface area contributed by atoms with Crippen molar-refractivity contribution in [2.75, 3.05) is 0 Å². The molecular weight excluding hydrogens is 286 g/mol. The lowest BCUT2D eigenvalue weighted by Gasteiger charge is -2.03. The minimum absolute atomic E-state index is 0.833. The maximum absolute atomic E-state index is 4.17. The summed E-state index contributed by atoms with van der Waals surface area (Å²) in [6.45, 7) is 6.09. The molecule has 3 aromatic heterocycles. The fourth-order valence-corrected chi connectivity index (χ4v) is 3.92. The van der Waals surface area contributed by atoms with Gasteiger partial charge in [0, 0.05) is 28.4 Å². The number of thiophene rings is 2. The summed E-state index contributed by atoms with van der Waals surface area (Å²) in [5, 5.41) is 12.8. The molecule has 104 valence electrons. The Balaban J connectivity index is 1.63. The molecule has 2 N–H and O–H groups in total. The quantitative estimate of drug-likeness (QED) is 0.745. The van der Waals surface area contributed by atoms with E-state index in [0.717, 1.165) is 18.8 Å². The minimum atomic E-state index is 0.833. The molecule has 3 nitrogen and oxygen atoms in total. The highest BCUT2D eigenvalue weighted by atomic mass is 32.1. The van der Waals surface area contributed by atoms with Crippen molar-refractivity contribution in [3.63, 3.8) is 0 Å². The van der Waals surface area contributed by atoms with E-state index < -0.39 is 0 Å². The van der Waals surface area contributed by atoms with E-state index in [1.807, 2.05) is 17.5 Å². The van der Waals surface area contributed by atoms with Crippen LogP contribution < -0.4 is 5.32 Å². The van der Waals surface area contributed by atoms with Crippen LogP contribution >= 0.6 is 22.7 Å². The second kappa shape index (κ2) is 5.91. The molecule has 0 bridgehead atoms. The van der Waals surface area contributed by atoms with E-state index in [9.17, 15) is 0 Å². The van der Waals surface area contributed by atoms with Crippen LogP contribution in [0.3, 0.4) is 0 Å². The van der Waals surface area contributed by atoms with E-state index >= 15 is 0 Å². The van der Waals surface area contributed by atoms with Crippen LogP contribution in [0.2, 0.25) is 0 Å². The Morgan fingerprint density at radius 3 is 2.90 bits per heavy atom. The number of rotatable bonds is 5. The van der Waals surface area contributed by atoms with Crippen molar-refractivity contribution in [1.82, 2.24) is 15.5 Å². The van der Waals surface area contributed by atoms with Crippen LogP contribution in [-0.2, 0) is 13.1 Å². The second-order valence-corrected chi connectivity index (χ2v) is 7.09. The SMILES string of the molecule is Cc1cc(CNCc2cn[nH]c2-c2cccs2)sc1C. The molecule has 5 heteroatoms. The predicted molar refractivity (Wildman–Crippen MR) is 86.2 cm³/mol. The summed E-state index contributed by atoms with van der Waals surface area (Å²) in [6.07, 6.45) is 1.91. The monoisotopic (exact) mass is 303 g/mol. The first kappa shape index (κ1) is 13.5. The van der Waals surface area contributed by atoms with Crippen LogP contribution in [0.4, 0.5) is 0 Å². The largest absolute Gasteiger partial charge is 0.308 e. The molecule has 0 spiro atoms. The lowest BCUT2D eigenvalue weighted by Crippen LogP contribution is -2.11. The van der Waals surface area contributed by atoms with Gasteiger partial charge in [-0.2, -0.15) is 5.10 Å². The van der Waals surface area contributed by atoms with Crippen molar-refractivity contribution in [2.45, 2.75) is 26.9 Å². The summed E-state index contributed by atoms with van der Waals surface area (Å²) in [5.41, 5.74) is 3.73. The zero-order chi connectivity index (χ0) is 13.9. The molecule has 3 aromatic rings. The molecule has 0 fully saturated rings. The summed E-state index contributed by atoms with van der Waals surface area (Å²) in [7, 11) is 0. The Bertz CT molecular complexity index is 660. The predicted octanol–water partition coefficient (Wildman–Crippen LogP) is 4.11. The van der Waals surface area contributed by atoms with Crippen molar-refractivity contribution in [3.8, 4) is 10.6 Å². The molecule has 0 saturated carbocycles. The van der Waals surface area contributed by atoms with Crippen LogP contribution in [0, 0.1) is 13.8 Å². The number of aryl methyl sites for hydroxylation is 2. The van der Waals surface area contributed by atoms with Gasteiger partial charge in [-0.05, 0) is 36.9 Å². The Hall–Kier alpha value is -1.43. The molecule has 3 heterocycles. The first-order valence-corrected chi connectivity index (χ1v) is 8.26. The smallest absolute Gasteiger partial charge is 0.0794 e. The number of hydrogen-bond acceptors (Lipinski definition) is 4. The highest BCUT2D eigenvalue weighted by molar-refractivity contribution is 7.13. The standard InChI is InChI=1S/C15H17N3S2/c1-10-6-13(20-11(10)2)9-16-7-12-8-17-18-15(12)14-4-3-5-19-14/h3-6,8,16H,7,9H2,1-2H3,(H,17,18). The highest BCUT2D eigenvalue weighted by Gasteiger charge is 2.08. The average molecular weight is 303 g/mol. The molecule has 0 aromatic carbocycles. The zero-order valence-electron chi connectivity index (χ0n) is 11.6. The number of aromatic nitrogens is 2. The van der Waals surface area contributed by atoms with E-state index in [-0.39, 0.29) is 0 Å². The molecule has 0 amide bonds. The van der Waals surface area contributed by atoms with E-state index in [1.165, 1.54) is 25.8 Å². The molecule has 0 aliphatic rings. The van der Waals surface area contributed by atoms with Gasteiger partial charge in [0.15, 0.2) is 0 Å². The van der Waals surface area contributed by atoms with Crippen molar-refractivity contribution >= 4 is 22.7 Å². The van der Waals surface area contributed by atoms with Crippen molar-refractivity contribution in [3.05, 3.63) is 50.7 Å². The average Bonchev–Trinajstić information content (AvgIpc) is 3.12. The first-order chi connectivity index (χ1) is 9.74. The third kappa shape index (κ3) is 2.85. The summed E-state index contributed by atoms with van der Waals surface area (Å²) in [4.78, 5) is 4.03. The first-order valence-electron chi connectivity index (χ1n) is 6.57. The number of H-pyrrole nitrogens is 1. The maximum Gasteiger partial charge on any atom is 0.0794 e. The topological polar surface area (TPSA) is 40.7 Å². The Morgan fingerprint density at radius 1 is 1.30 bits per heavy atom.